The second-order valence-corrected chi connectivity index (χ2v) is 6.74. The van der Waals surface area contributed by atoms with Gasteiger partial charge in [-0.25, -0.2) is 9.97 Å². The van der Waals surface area contributed by atoms with Gasteiger partial charge in [-0.05, 0) is 52.9 Å². The van der Waals surface area contributed by atoms with Crippen molar-refractivity contribution in [3.05, 3.63) is 21.7 Å². The van der Waals surface area contributed by atoms with Gasteiger partial charge in [0.05, 0.1) is 5.51 Å². The first kappa shape index (κ1) is 12.5. The molecule has 1 atom stereocenters. The van der Waals surface area contributed by atoms with Crippen molar-refractivity contribution in [1.29, 1.82) is 0 Å². The molecule has 0 N–H and O–H groups in total. The summed E-state index contributed by atoms with van der Waals surface area (Å²) in [6, 6.07) is 2.11. The molecule has 0 spiro atoms. The van der Waals surface area contributed by atoms with E-state index in [1.165, 1.54) is 31.5 Å². The van der Waals surface area contributed by atoms with Crippen molar-refractivity contribution in [3.63, 3.8) is 0 Å². The average molecular weight is 326 g/mol. The number of rotatable bonds is 2. The predicted molar refractivity (Wildman–Crippen MR) is 78.8 cm³/mol. The van der Waals surface area contributed by atoms with Gasteiger partial charge in [-0.15, -0.1) is 11.3 Å². The minimum absolute atomic E-state index is 0.815. The summed E-state index contributed by atoms with van der Waals surface area (Å²) in [5.74, 6) is 0.815. The van der Waals surface area contributed by atoms with Crippen molar-refractivity contribution in [2.75, 3.05) is 13.1 Å². The molecule has 2 aromatic heterocycles. The van der Waals surface area contributed by atoms with Gasteiger partial charge in [0, 0.05) is 13.1 Å². The maximum atomic E-state index is 4.46. The number of hydrogen-bond donors (Lipinski definition) is 0. The lowest BCUT2D eigenvalue weighted by atomic mass is 10.00. The van der Waals surface area contributed by atoms with Crippen molar-refractivity contribution in [2.45, 2.75) is 26.3 Å². The Bertz CT molecular complexity index is 554. The van der Waals surface area contributed by atoms with Crippen LogP contribution in [0.1, 0.15) is 25.3 Å². The summed E-state index contributed by atoms with van der Waals surface area (Å²) in [5, 5.41) is 0. The summed E-state index contributed by atoms with van der Waals surface area (Å²) in [4.78, 5) is 12.5. The first-order valence-electron chi connectivity index (χ1n) is 6.33. The van der Waals surface area contributed by atoms with Crippen molar-refractivity contribution in [3.8, 4) is 0 Å². The fourth-order valence-corrected chi connectivity index (χ4v) is 3.95. The van der Waals surface area contributed by atoms with Gasteiger partial charge in [-0.2, -0.15) is 0 Å². The van der Waals surface area contributed by atoms with Crippen molar-refractivity contribution in [1.82, 2.24) is 14.9 Å². The van der Waals surface area contributed by atoms with Crippen LogP contribution in [0.3, 0.4) is 0 Å². The molecule has 96 valence electrons. The van der Waals surface area contributed by atoms with Gasteiger partial charge in [0.25, 0.3) is 0 Å². The summed E-state index contributed by atoms with van der Waals surface area (Å²) in [6.07, 6.45) is 2.68. The fraction of sp³-hybridized carbons (Fsp3) is 0.538. The zero-order valence-corrected chi connectivity index (χ0v) is 12.8. The van der Waals surface area contributed by atoms with E-state index in [2.05, 4.69) is 43.8 Å². The number of thiazole rings is 1. The molecule has 0 aromatic carbocycles. The van der Waals surface area contributed by atoms with E-state index < -0.39 is 0 Å². The van der Waals surface area contributed by atoms with Gasteiger partial charge in [-0.3, -0.25) is 4.90 Å². The molecule has 3 heterocycles. The molecule has 0 bridgehead atoms. The number of pyridine rings is 1. The molecule has 0 unspecified atom stereocenters. The maximum absolute atomic E-state index is 4.46. The summed E-state index contributed by atoms with van der Waals surface area (Å²) in [5.41, 5.74) is 4.25. The number of nitrogens with zero attached hydrogens (tertiary/aromatic N) is 3. The zero-order chi connectivity index (χ0) is 12.5. The number of fused-ring (bicyclic) bond motifs is 1. The van der Waals surface area contributed by atoms with Crippen LogP contribution in [-0.4, -0.2) is 28.0 Å². The molecule has 1 fully saturated rings. The zero-order valence-electron chi connectivity index (χ0n) is 10.4. The summed E-state index contributed by atoms with van der Waals surface area (Å²) < 4.78 is 0.916. The molecule has 1 aliphatic heterocycles. The first-order chi connectivity index (χ1) is 8.72. The predicted octanol–water partition coefficient (Wildman–Crippen LogP) is 3.69. The van der Waals surface area contributed by atoms with Gasteiger partial charge in [0.15, 0.2) is 0 Å². The number of likely N-dealkylation sites (tertiary alicyclic amines) is 1. The highest BCUT2D eigenvalue weighted by Crippen LogP contribution is 2.25. The van der Waals surface area contributed by atoms with Gasteiger partial charge < -0.3 is 0 Å². The average Bonchev–Trinajstić information content (AvgIpc) is 2.77. The number of aromatic nitrogens is 2. The Morgan fingerprint density at radius 1 is 1.56 bits per heavy atom. The lowest BCUT2D eigenvalue weighted by Gasteiger charge is -2.30. The highest BCUT2D eigenvalue weighted by atomic mass is 79.9. The van der Waals surface area contributed by atoms with Crippen LogP contribution in [0.2, 0.25) is 0 Å². The molecule has 18 heavy (non-hydrogen) atoms. The van der Waals surface area contributed by atoms with Gasteiger partial charge >= 0.3 is 0 Å². The summed E-state index contributed by atoms with van der Waals surface area (Å²) in [7, 11) is 0. The van der Waals surface area contributed by atoms with Gasteiger partial charge in [-0.1, -0.05) is 6.92 Å². The Morgan fingerprint density at radius 2 is 2.44 bits per heavy atom. The topological polar surface area (TPSA) is 29.0 Å². The Balaban J connectivity index is 1.87. The first-order valence-corrected chi connectivity index (χ1v) is 8.00. The Hall–Kier alpha value is -0.520. The Labute approximate surface area is 119 Å². The molecular formula is C13H16BrN3S. The standard InChI is InChI=1S/C13H16BrN3S/c1-9-3-2-4-17(6-9)7-10-5-11(14)16-13-12(10)15-8-18-13/h5,8-9H,2-4,6-7H2,1H3/t9-/m0/s1. The van der Waals surface area contributed by atoms with Crippen LogP contribution < -0.4 is 0 Å². The molecule has 2 aromatic rings. The van der Waals surface area contributed by atoms with E-state index in [1.54, 1.807) is 11.3 Å². The van der Waals surface area contributed by atoms with E-state index in [1.807, 2.05) is 5.51 Å². The number of piperidine rings is 1. The second kappa shape index (κ2) is 5.23. The largest absolute Gasteiger partial charge is 0.299 e. The van der Waals surface area contributed by atoms with Gasteiger partial charge in [0.2, 0.25) is 0 Å². The minimum atomic E-state index is 0.815. The summed E-state index contributed by atoms with van der Waals surface area (Å²) in [6.45, 7) is 5.74. The second-order valence-electron chi connectivity index (χ2n) is 5.09. The van der Waals surface area contributed by atoms with E-state index in [0.717, 1.165) is 27.4 Å². The third-order valence-corrected chi connectivity index (χ3v) is 4.61. The smallest absolute Gasteiger partial charge is 0.144 e. The number of hydrogen-bond acceptors (Lipinski definition) is 4. The lowest BCUT2D eigenvalue weighted by molar-refractivity contribution is 0.177. The lowest BCUT2D eigenvalue weighted by Crippen LogP contribution is -2.33. The monoisotopic (exact) mass is 325 g/mol. The van der Waals surface area contributed by atoms with Crippen LogP contribution in [0.15, 0.2) is 16.2 Å². The van der Waals surface area contributed by atoms with Crippen LogP contribution >= 0.6 is 27.3 Å². The molecule has 0 radical (unpaired) electrons. The third-order valence-electron chi connectivity index (χ3n) is 3.49. The molecule has 1 saturated heterocycles. The summed E-state index contributed by atoms with van der Waals surface area (Å²) >= 11 is 5.10. The molecule has 0 amide bonds. The highest BCUT2D eigenvalue weighted by Gasteiger charge is 2.18. The van der Waals surface area contributed by atoms with E-state index in [4.69, 9.17) is 0 Å². The molecule has 3 nitrogen and oxygen atoms in total. The van der Waals surface area contributed by atoms with Crippen LogP contribution in [0.4, 0.5) is 0 Å². The number of halogens is 1. The van der Waals surface area contributed by atoms with Crippen molar-refractivity contribution < 1.29 is 0 Å². The molecule has 5 heteroatoms. The third kappa shape index (κ3) is 2.58. The van der Waals surface area contributed by atoms with Crippen LogP contribution in [0, 0.1) is 5.92 Å². The SMILES string of the molecule is C[C@H]1CCCN(Cc2cc(Br)nc3scnc23)C1. The van der Waals surface area contributed by atoms with Crippen LogP contribution in [-0.2, 0) is 6.54 Å². The van der Waals surface area contributed by atoms with Gasteiger partial charge in [0.1, 0.15) is 15.0 Å². The fourth-order valence-electron chi connectivity index (χ4n) is 2.67. The van der Waals surface area contributed by atoms with E-state index in [-0.39, 0.29) is 0 Å². The van der Waals surface area contributed by atoms with Crippen molar-refractivity contribution in [2.24, 2.45) is 5.92 Å². The molecule has 0 saturated carbocycles. The highest BCUT2D eigenvalue weighted by molar-refractivity contribution is 9.10. The molecule has 0 aliphatic carbocycles. The maximum Gasteiger partial charge on any atom is 0.144 e. The van der Waals surface area contributed by atoms with Crippen LogP contribution in [0.25, 0.3) is 10.3 Å². The van der Waals surface area contributed by atoms with E-state index >= 15 is 0 Å². The van der Waals surface area contributed by atoms with Crippen LogP contribution in [0.5, 0.6) is 0 Å². The Morgan fingerprint density at radius 3 is 3.28 bits per heavy atom. The minimum Gasteiger partial charge on any atom is -0.299 e. The molecule has 3 rings (SSSR count). The Kier molecular flexibility index (Phi) is 3.63. The van der Waals surface area contributed by atoms with Crippen molar-refractivity contribution >= 4 is 37.6 Å². The molecular weight excluding hydrogens is 310 g/mol. The normalized spacial score (nSPS) is 21.6. The molecule has 1 aliphatic rings. The quantitative estimate of drug-likeness (QED) is 0.788. The van der Waals surface area contributed by atoms with E-state index in [9.17, 15) is 0 Å². The van der Waals surface area contributed by atoms with E-state index in [0.29, 0.717) is 0 Å².